The monoisotopic (exact) mass is 399 g/mol. The zero-order valence-electron chi connectivity index (χ0n) is 16.5. The number of anilines is 1. The molecule has 3 rings (SSSR count). The number of quaternary nitrogens is 1. The summed E-state index contributed by atoms with van der Waals surface area (Å²) in [6.45, 7) is 2.36. The van der Waals surface area contributed by atoms with Gasteiger partial charge in [-0.1, -0.05) is 54.1 Å². The van der Waals surface area contributed by atoms with Crippen LogP contribution in [-0.4, -0.2) is 46.8 Å². The van der Waals surface area contributed by atoms with Crippen LogP contribution in [0.5, 0.6) is 0 Å². The smallest absolute Gasteiger partial charge is 0.264 e. The standard InChI is InChI=1S/C22H26N2O3S/c1-17-11-13-20(14-12-17)28(26,27)24(16-19(25)15-23(2)3)22-10-6-8-18-7-4-5-9-21(18)22/h4-14,19,25H,15-16H2,1-3H3/p+1/t19-/m0/s1. The molecule has 5 nitrogen and oxygen atoms in total. The molecule has 0 bridgehead atoms. The Bertz CT molecular complexity index is 1040. The minimum atomic E-state index is -3.83. The third kappa shape index (κ3) is 4.35. The van der Waals surface area contributed by atoms with Crippen molar-refractivity contribution in [2.24, 2.45) is 0 Å². The van der Waals surface area contributed by atoms with Crippen LogP contribution in [0.25, 0.3) is 10.8 Å². The number of hydrogen-bond acceptors (Lipinski definition) is 3. The minimum absolute atomic E-state index is 0.00457. The van der Waals surface area contributed by atoms with Crippen molar-refractivity contribution in [2.45, 2.75) is 17.9 Å². The Kier molecular flexibility index (Phi) is 6.03. The molecule has 0 saturated carbocycles. The molecule has 0 radical (unpaired) electrons. The second-order valence-corrected chi connectivity index (χ2v) is 9.27. The SMILES string of the molecule is Cc1ccc(S(=O)(=O)N(C[C@@H](O)C[NH+](C)C)c2cccc3ccccc23)cc1. The van der Waals surface area contributed by atoms with E-state index in [4.69, 9.17) is 0 Å². The van der Waals surface area contributed by atoms with Gasteiger partial charge in [0.15, 0.2) is 0 Å². The van der Waals surface area contributed by atoms with E-state index >= 15 is 0 Å². The van der Waals surface area contributed by atoms with Gasteiger partial charge in [-0.25, -0.2) is 8.42 Å². The van der Waals surface area contributed by atoms with Crippen LogP contribution >= 0.6 is 0 Å². The van der Waals surface area contributed by atoms with Crippen LogP contribution < -0.4 is 9.21 Å². The summed E-state index contributed by atoms with van der Waals surface area (Å²) in [6.07, 6.45) is -0.788. The number of likely N-dealkylation sites (N-methyl/N-ethyl adjacent to an activating group) is 1. The van der Waals surface area contributed by atoms with Crippen molar-refractivity contribution >= 4 is 26.5 Å². The van der Waals surface area contributed by atoms with Gasteiger partial charge in [0.2, 0.25) is 0 Å². The molecule has 0 fully saturated rings. The number of rotatable bonds is 7. The second kappa shape index (κ2) is 8.31. The van der Waals surface area contributed by atoms with E-state index < -0.39 is 16.1 Å². The third-order valence-corrected chi connectivity index (χ3v) is 6.46. The average molecular weight is 400 g/mol. The highest BCUT2D eigenvalue weighted by Gasteiger charge is 2.29. The zero-order chi connectivity index (χ0) is 20.3. The highest BCUT2D eigenvalue weighted by molar-refractivity contribution is 7.92. The van der Waals surface area contributed by atoms with E-state index in [0.717, 1.165) is 21.2 Å². The molecule has 3 aromatic rings. The van der Waals surface area contributed by atoms with Crippen LogP contribution in [-0.2, 0) is 10.0 Å². The number of nitrogens with one attached hydrogen (secondary N) is 1. The van der Waals surface area contributed by atoms with Crippen LogP contribution in [0.1, 0.15) is 5.56 Å². The average Bonchev–Trinajstić information content (AvgIpc) is 2.65. The summed E-state index contributed by atoms with van der Waals surface area (Å²) in [4.78, 5) is 1.27. The summed E-state index contributed by atoms with van der Waals surface area (Å²) in [5.74, 6) is 0. The number of sulfonamides is 1. The van der Waals surface area contributed by atoms with Crippen molar-refractivity contribution in [1.82, 2.24) is 0 Å². The Balaban J connectivity index is 2.13. The number of fused-ring (bicyclic) bond motifs is 1. The fourth-order valence-corrected chi connectivity index (χ4v) is 4.84. The molecule has 0 unspecified atom stereocenters. The number of nitrogens with zero attached hydrogens (tertiary/aromatic N) is 1. The van der Waals surface area contributed by atoms with Gasteiger partial charge in [0.05, 0.1) is 31.2 Å². The van der Waals surface area contributed by atoms with Crippen LogP contribution in [0.3, 0.4) is 0 Å². The van der Waals surface area contributed by atoms with E-state index in [0.29, 0.717) is 12.2 Å². The van der Waals surface area contributed by atoms with Crippen LogP contribution in [0.15, 0.2) is 71.6 Å². The summed E-state index contributed by atoms with van der Waals surface area (Å²) in [5, 5.41) is 12.3. The molecule has 2 N–H and O–H groups in total. The van der Waals surface area contributed by atoms with Crippen LogP contribution in [0.4, 0.5) is 5.69 Å². The van der Waals surface area contributed by atoms with Gasteiger partial charge in [-0.2, -0.15) is 0 Å². The lowest BCUT2D eigenvalue weighted by Gasteiger charge is -2.28. The van der Waals surface area contributed by atoms with Crippen molar-refractivity contribution in [3.63, 3.8) is 0 Å². The number of benzene rings is 3. The first-order chi connectivity index (χ1) is 13.3. The maximum atomic E-state index is 13.5. The lowest BCUT2D eigenvalue weighted by Crippen LogP contribution is -3.07. The van der Waals surface area contributed by atoms with Gasteiger partial charge in [0.1, 0.15) is 12.6 Å². The van der Waals surface area contributed by atoms with E-state index in [1.807, 2.05) is 57.4 Å². The van der Waals surface area contributed by atoms with Crippen molar-refractivity contribution < 1.29 is 18.4 Å². The molecular formula is C22H27N2O3S+. The van der Waals surface area contributed by atoms with Crippen LogP contribution in [0.2, 0.25) is 0 Å². The molecule has 28 heavy (non-hydrogen) atoms. The number of aliphatic hydroxyl groups is 1. The summed E-state index contributed by atoms with van der Waals surface area (Å²) in [6, 6.07) is 20.1. The lowest BCUT2D eigenvalue weighted by atomic mass is 10.1. The quantitative estimate of drug-likeness (QED) is 0.637. The number of aryl methyl sites for hydroxylation is 1. The molecule has 6 heteroatoms. The molecule has 0 spiro atoms. The lowest BCUT2D eigenvalue weighted by molar-refractivity contribution is -0.861. The normalized spacial score (nSPS) is 13.0. The summed E-state index contributed by atoms with van der Waals surface area (Å²) in [5.41, 5.74) is 1.57. The van der Waals surface area contributed by atoms with Gasteiger partial charge in [0.25, 0.3) is 10.0 Å². The number of aliphatic hydroxyl groups excluding tert-OH is 1. The van der Waals surface area contributed by atoms with Crippen molar-refractivity contribution in [2.75, 3.05) is 31.5 Å². The molecular weight excluding hydrogens is 372 g/mol. The van der Waals surface area contributed by atoms with Gasteiger partial charge in [-0.3, -0.25) is 4.31 Å². The van der Waals surface area contributed by atoms with E-state index in [2.05, 4.69) is 0 Å². The van der Waals surface area contributed by atoms with Gasteiger partial charge in [-0.05, 0) is 30.5 Å². The van der Waals surface area contributed by atoms with Gasteiger partial charge in [-0.15, -0.1) is 0 Å². The molecule has 0 aromatic heterocycles. The van der Waals surface area contributed by atoms with Crippen molar-refractivity contribution in [3.05, 3.63) is 72.3 Å². The van der Waals surface area contributed by atoms with Crippen LogP contribution in [0, 0.1) is 6.92 Å². The summed E-state index contributed by atoms with van der Waals surface area (Å²) >= 11 is 0. The molecule has 0 amide bonds. The van der Waals surface area contributed by atoms with E-state index in [1.165, 1.54) is 4.31 Å². The molecule has 0 heterocycles. The Morgan fingerprint density at radius 1 is 0.964 bits per heavy atom. The minimum Gasteiger partial charge on any atom is -0.385 e. The van der Waals surface area contributed by atoms with E-state index in [1.54, 1.807) is 30.3 Å². The topological polar surface area (TPSA) is 62.0 Å². The highest BCUT2D eigenvalue weighted by Crippen LogP contribution is 2.31. The molecule has 0 aliphatic carbocycles. The molecule has 0 aliphatic heterocycles. The first-order valence-electron chi connectivity index (χ1n) is 9.33. The first-order valence-corrected chi connectivity index (χ1v) is 10.8. The Morgan fingerprint density at radius 3 is 2.29 bits per heavy atom. The fraction of sp³-hybridized carbons (Fsp3) is 0.273. The Labute approximate surface area is 166 Å². The molecule has 0 aliphatic rings. The highest BCUT2D eigenvalue weighted by atomic mass is 32.2. The zero-order valence-corrected chi connectivity index (χ0v) is 17.3. The van der Waals surface area contributed by atoms with E-state index in [9.17, 15) is 13.5 Å². The molecule has 0 saturated heterocycles. The Hall–Kier alpha value is -2.41. The number of hydrogen-bond donors (Lipinski definition) is 2. The fourth-order valence-electron chi connectivity index (χ4n) is 3.32. The van der Waals surface area contributed by atoms with E-state index in [-0.39, 0.29) is 11.4 Å². The van der Waals surface area contributed by atoms with Crippen molar-refractivity contribution in [3.8, 4) is 0 Å². The summed E-state index contributed by atoms with van der Waals surface area (Å²) < 4.78 is 28.4. The molecule has 148 valence electrons. The van der Waals surface area contributed by atoms with Crippen molar-refractivity contribution in [1.29, 1.82) is 0 Å². The predicted octanol–water partition coefficient (Wildman–Crippen LogP) is 1.85. The molecule has 3 aromatic carbocycles. The predicted molar refractivity (Wildman–Crippen MR) is 113 cm³/mol. The Morgan fingerprint density at radius 2 is 1.61 bits per heavy atom. The maximum absolute atomic E-state index is 13.5. The third-order valence-electron chi connectivity index (χ3n) is 4.66. The second-order valence-electron chi connectivity index (χ2n) is 7.41. The first kappa shape index (κ1) is 20.3. The largest absolute Gasteiger partial charge is 0.385 e. The van der Waals surface area contributed by atoms with Gasteiger partial charge >= 0.3 is 0 Å². The van der Waals surface area contributed by atoms with Gasteiger partial charge in [0, 0.05) is 5.39 Å². The summed E-state index contributed by atoms with van der Waals surface area (Å²) in [7, 11) is 0.0319. The maximum Gasteiger partial charge on any atom is 0.264 e. The van der Waals surface area contributed by atoms with Gasteiger partial charge < -0.3 is 10.0 Å². The molecule has 1 atom stereocenters.